The van der Waals surface area contributed by atoms with Crippen LogP contribution in [0.15, 0.2) is 96.2 Å². The largest absolute Gasteiger partial charge is 0.344 e. The van der Waals surface area contributed by atoms with E-state index < -0.39 is 6.04 Å². The number of rotatable bonds is 6. The van der Waals surface area contributed by atoms with Gasteiger partial charge in [0.05, 0.1) is 29.8 Å². The molecule has 0 saturated carbocycles. The van der Waals surface area contributed by atoms with Crippen molar-refractivity contribution in [3.63, 3.8) is 0 Å². The molecular weight excluding hydrogens is 472 g/mol. The molecule has 5 aromatic rings. The second-order valence-corrected chi connectivity index (χ2v) is 9.24. The van der Waals surface area contributed by atoms with Crippen molar-refractivity contribution in [2.75, 3.05) is 0 Å². The van der Waals surface area contributed by atoms with Crippen LogP contribution in [-0.4, -0.2) is 20.0 Å². The predicted molar refractivity (Wildman–Crippen MR) is 143 cm³/mol. The van der Waals surface area contributed by atoms with Gasteiger partial charge in [0.2, 0.25) is 5.91 Å². The van der Waals surface area contributed by atoms with Crippen LogP contribution < -0.4 is 10.9 Å². The third-order valence-corrected chi connectivity index (χ3v) is 6.56. The maximum absolute atomic E-state index is 12.7. The number of amides is 1. The number of pyridine rings is 1. The number of aromatic nitrogens is 3. The Kier molecular flexibility index (Phi) is 6.44. The van der Waals surface area contributed by atoms with Gasteiger partial charge in [-0.3, -0.25) is 9.59 Å². The molecule has 7 heteroatoms. The number of nitrogens with zero attached hydrogens (tertiary/aromatic N) is 3. The van der Waals surface area contributed by atoms with Crippen molar-refractivity contribution in [3.05, 3.63) is 124 Å². The summed E-state index contributed by atoms with van der Waals surface area (Å²) < 4.78 is 3.67. The third kappa shape index (κ3) is 4.68. The van der Waals surface area contributed by atoms with Crippen molar-refractivity contribution in [2.45, 2.75) is 19.5 Å². The zero-order valence-electron chi connectivity index (χ0n) is 20.0. The first-order valence-electron chi connectivity index (χ1n) is 11.6. The fourth-order valence-corrected chi connectivity index (χ4v) is 4.76. The molecule has 5 rings (SSSR count). The molecule has 3 aromatic carbocycles. The minimum Gasteiger partial charge on any atom is -0.344 e. The van der Waals surface area contributed by atoms with Crippen LogP contribution in [0.1, 0.15) is 29.8 Å². The van der Waals surface area contributed by atoms with Crippen molar-refractivity contribution in [1.82, 2.24) is 19.4 Å². The molecule has 1 N–H and O–H groups in total. The van der Waals surface area contributed by atoms with Gasteiger partial charge in [0, 0.05) is 37.0 Å². The van der Waals surface area contributed by atoms with Crippen LogP contribution in [0.4, 0.5) is 0 Å². The summed E-state index contributed by atoms with van der Waals surface area (Å²) in [6.07, 6.45) is 3.56. The standard InChI is InChI=1S/C29H25ClN4O2/c1-19(35)32-29(27-16-31-18-34(27)17-20-7-4-3-5-8-20)22-11-12-26-25(14-22)24(15-28(36)33(26)2)21-9-6-10-23(30)13-21/h3-16,18,29H,17H2,1-2H3,(H,32,35). The summed E-state index contributed by atoms with van der Waals surface area (Å²) in [7, 11) is 1.76. The average molecular weight is 497 g/mol. The summed E-state index contributed by atoms with van der Waals surface area (Å²) in [5.41, 5.74) is 5.21. The van der Waals surface area contributed by atoms with Crippen molar-refractivity contribution in [2.24, 2.45) is 7.05 Å². The highest BCUT2D eigenvalue weighted by molar-refractivity contribution is 6.30. The van der Waals surface area contributed by atoms with Crippen LogP contribution in [0.2, 0.25) is 5.02 Å². The Morgan fingerprint density at radius 1 is 1.03 bits per heavy atom. The maximum Gasteiger partial charge on any atom is 0.251 e. The Balaban J connectivity index is 1.67. The van der Waals surface area contributed by atoms with Gasteiger partial charge in [-0.1, -0.05) is 60.1 Å². The molecule has 6 nitrogen and oxygen atoms in total. The minimum absolute atomic E-state index is 0.107. The quantitative estimate of drug-likeness (QED) is 0.345. The van der Waals surface area contributed by atoms with Crippen molar-refractivity contribution < 1.29 is 4.79 Å². The molecular formula is C29H25ClN4O2. The number of aryl methyl sites for hydroxylation is 1. The van der Waals surface area contributed by atoms with E-state index >= 15 is 0 Å². The second kappa shape index (κ2) is 9.84. The molecule has 180 valence electrons. The van der Waals surface area contributed by atoms with Crippen LogP contribution in [0.25, 0.3) is 22.0 Å². The topological polar surface area (TPSA) is 68.9 Å². The number of imidazole rings is 1. The lowest BCUT2D eigenvalue weighted by Crippen LogP contribution is -2.29. The molecule has 1 atom stereocenters. The lowest BCUT2D eigenvalue weighted by molar-refractivity contribution is -0.119. The molecule has 0 aliphatic rings. The van der Waals surface area contributed by atoms with Crippen molar-refractivity contribution >= 4 is 28.4 Å². The van der Waals surface area contributed by atoms with E-state index in [4.69, 9.17) is 11.6 Å². The van der Waals surface area contributed by atoms with Crippen molar-refractivity contribution in [3.8, 4) is 11.1 Å². The number of fused-ring (bicyclic) bond motifs is 1. The van der Waals surface area contributed by atoms with E-state index in [9.17, 15) is 9.59 Å². The van der Waals surface area contributed by atoms with E-state index in [1.165, 1.54) is 6.92 Å². The predicted octanol–water partition coefficient (Wildman–Crippen LogP) is 5.33. The molecule has 0 spiro atoms. The number of benzene rings is 3. The van der Waals surface area contributed by atoms with E-state index in [0.29, 0.717) is 11.6 Å². The van der Waals surface area contributed by atoms with Gasteiger partial charge in [-0.05, 0) is 46.5 Å². The molecule has 1 amide bonds. The Labute approximate surface area is 213 Å². The zero-order valence-corrected chi connectivity index (χ0v) is 20.7. The molecule has 2 aromatic heterocycles. The smallest absolute Gasteiger partial charge is 0.251 e. The van der Waals surface area contributed by atoms with Crippen LogP contribution in [0, 0.1) is 0 Å². The summed E-state index contributed by atoms with van der Waals surface area (Å²) in [5, 5.41) is 4.58. The summed E-state index contributed by atoms with van der Waals surface area (Å²) in [5.74, 6) is -0.150. The van der Waals surface area contributed by atoms with E-state index in [1.54, 1.807) is 36.3 Å². The number of nitrogens with one attached hydrogen (secondary N) is 1. The third-order valence-electron chi connectivity index (χ3n) is 6.32. The molecule has 2 heterocycles. The van der Waals surface area contributed by atoms with E-state index in [1.807, 2.05) is 59.2 Å². The number of halogens is 1. The van der Waals surface area contributed by atoms with Gasteiger partial charge in [0.25, 0.3) is 5.56 Å². The summed E-state index contributed by atoms with van der Waals surface area (Å²) in [6.45, 7) is 2.13. The van der Waals surface area contributed by atoms with Gasteiger partial charge < -0.3 is 14.5 Å². The van der Waals surface area contributed by atoms with E-state index in [-0.39, 0.29) is 11.5 Å². The molecule has 0 fully saturated rings. The Bertz CT molecular complexity index is 1620. The second-order valence-electron chi connectivity index (χ2n) is 8.81. The number of hydrogen-bond donors (Lipinski definition) is 1. The van der Waals surface area contributed by atoms with E-state index in [0.717, 1.165) is 38.9 Å². The Morgan fingerprint density at radius 3 is 2.58 bits per heavy atom. The highest BCUT2D eigenvalue weighted by Crippen LogP contribution is 2.32. The SMILES string of the molecule is CC(=O)NC(c1ccc2c(c1)c(-c1cccc(Cl)c1)cc(=O)n2C)c1cncn1Cc1ccccc1. The van der Waals surface area contributed by atoms with Crippen LogP contribution >= 0.6 is 11.6 Å². The Morgan fingerprint density at radius 2 is 1.83 bits per heavy atom. The molecule has 0 aliphatic carbocycles. The fourth-order valence-electron chi connectivity index (χ4n) is 4.57. The summed E-state index contributed by atoms with van der Waals surface area (Å²) >= 11 is 6.27. The van der Waals surface area contributed by atoms with Gasteiger partial charge in [-0.2, -0.15) is 0 Å². The number of carbonyl (C=O) groups excluding carboxylic acids is 1. The van der Waals surface area contributed by atoms with Crippen LogP contribution in [0.5, 0.6) is 0 Å². The number of carbonyl (C=O) groups is 1. The number of hydrogen-bond acceptors (Lipinski definition) is 3. The lowest BCUT2D eigenvalue weighted by atomic mass is 9.96. The van der Waals surface area contributed by atoms with Crippen LogP contribution in [0.3, 0.4) is 0 Å². The Hall–Kier alpha value is -4.16. The molecule has 0 aliphatic heterocycles. The molecule has 36 heavy (non-hydrogen) atoms. The highest BCUT2D eigenvalue weighted by atomic mass is 35.5. The van der Waals surface area contributed by atoms with Gasteiger partial charge >= 0.3 is 0 Å². The summed E-state index contributed by atoms with van der Waals surface area (Å²) in [4.78, 5) is 29.4. The zero-order chi connectivity index (χ0) is 25.2. The average Bonchev–Trinajstić information content (AvgIpc) is 3.32. The van der Waals surface area contributed by atoms with Gasteiger partial charge in [0.1, 0.15) is 0 Å². The normalized spacial score (nSPS) is 12.0. The molecule has 0 saturated heterocycles. The van der Waals surface area contributed by atoms with Gasteiger partial charge in [0.15, 0.2) is 0 Å². The highest BCUT2D eigenvalue weighted by Gasteiger charge is 2.21. The summed E-state index contributed by atoms with van der Waals surface area (Å²) in [6, 6.07) is 24.7. The van der Waals surface area contributed by atoms with Gasteiger partial charge in [-0.15, -0.1) is 0 Å². The first-order chi connectivity index (χ1) is 17.4. The van der Waals surface area contributed by atoms with Crippen molar-refractivity contribution in [1.29, 1.82) is 0 Å². The lowest BCUT2D eigenvalue weighted by Gasteiger charge is -2.22. The van der Waals surface area contributed by atoms with Crippen LogP contribution in [-0.2, 0) is 18.4 Å². The van der Waals surface area contributed by atoms with E-state index in [2.05, 4.69) is 22.4 Å². The molecule has 0 bridgehead atoms. The van der Waals surface area contributed by atoms with Gasteiger partial charge in [-0.25, -0.2) is 4.98 Å². The monoisotopic (exact) mass is 496 g/mol. The fraction of sp³-hybridized carbons (Fsp3) is 0.138. The molecule has 1 unspecified atom stereocenters. The first-order valence-corrected chi connectivity index (χ1v) is 12.0. The molecule has 0 radical (unpaired) electrons. The maximum atomic E-state index is 12.7. The minimum atomic E-state index is -0.428. The first kappa shape index (κ1) is 23.6.